The average Bonchev–Trinajstić information content (AvgIpc) is 3.22. The van der Waals surface area contributed by atoms with E-state index in [1.54, 1.807) is 24.3 Å². The lowest BCUT2D eigenvalue weighted by molar-refractivity contribution is -0.119. The molecule has 2 N–H and O–H groups in total. The maximum absolute atomic E-state index is 15.5. The highest BCUT2D eigenvalue weighted by Crippen LogP contribution is 2.40. The standard InChI is InChI=1S/C23H24ClFN4O4S/c1-12-18(25)15(20-27-28-22(33-20)23(2,3)4)9-17-19(12)34(31,32)11-16(26)21(30)29(17)10-13-5-7-14(24)8-6-13/h5-9,16H,10-11,26H2,1-4H3/t16-/m0/s1. The Morgan fingerprint density at radius 1 is 1.24 bits per heavy atom. The van der Waals surface area contributed by atoms with E-state index in [4.69, 9.17) is 21.8 Å². The van der Waals surface area contributed by atoms with Gasteiger partial charge in [0.25, 0.3) is 5.89 Å². The van der Waals surface area contributed by atoms with Crippen molar-refractivity contribution in [2.45, 2.75) is 50.6 Å². The monoisotopic (exact) mass is 506 g/mol. The van der Waals surface area contributed by atoms with Crippen LogP contribution in [0.4, 0.5) is 10.1 Å². The van der Waals surface area contributed by atoms with Crippen LogP contribution in [0.3, 0.4) is 0 Å². The van der Waals surface area contributed by atoms with Crippen LogP contribution in [0, 0.1) is 12.7 Å². The number of nitrogens with zero attached hydrogens (tertiary/aromatic N) is 3. The molecule has 0 bridgehead atoms. The predicted octanol–water partition coefficient (Wildman–Crippen LogP) is 3.78. The van der Waals surface area contributed by atoms with Gasteiger partial charge in [-0.2, -0.15) is 0 Å². The summed E-state index contributed by atoms with van der Waals surface area (Å²) in [6, 6.07) is 6.69. The SMILES string of the molecule is Cc1c(F)c(-c2nnc(C(C)(C)C)o2)cc2c1S(=O)(=O)C[C@H](N)C(=O)N2Cc1ccc(Cl)cc1. The van der Waals surface area contributed by atoms with Crippen molar-refractivity contribution in [3.8, 4) is 11.5 Å². The Morgan fingerprint density at radius 3 is 2.47 bits per heavy atom. The molecule has 1 amide bonds. The van der Waals surface area contributed by atoms with Crippen molar-refractivity contribution in [2.24, 2.45) is 5.73 Å². The van der Waals surface area contributed by atoms with Gasteiger partial charge in [0, 0.05) is 16.0 Å². The van der Waals surface area contributed by atoms with Gasteiger partial charge in [-0.15, -0.1) is 10.2 Å². The molecular formula is C23H24ClFN4O4S. The fourth-order valence-corrected chi connectivity index (χ4v) is 5.74. The number of sulfone groups is 1. The zero-order chi connectivity index (χ0) is 25.0. The van der Waals surface area contributed by atoms with Crippen LogP contribution in [0.15, 0.2) is 39.6 Å². The van der Waals surface area contributed by atoms with E-state index in [9.17, 15) is 13.2 Å². The summed E-state index contributed by atoms with van der Waals surface area (Å²) in [5.41, 5.74) is 5.94. The molecule has 1 aliphatic heterocycles. The third kappa shape index (κ3) is 4.33. The van der Waals surface area contributed by atoms with Gasteiger partial charge in [0.1, 0.15) is 5.82 Å². The highest BCUT2D eigenvalue weighted by molar-refractivity contribution is 7.91. The number of carbonyl (C=O) groups is 1. The van der Waals surface area contributed by atoms with Crippen molar-refractivity contribution < 1.29 is 22.0 Å². The fourth-order valence-electron chi connectivity index (χ4n) is 3.79. The molecule has 4 rings (SSSR count). The van der Waals surface area contributed by atoms with Gasteiger partial charge in [-0.1, -0.05) is 44.5 Å². The van der Waals surface area contributed by atoms with Crippen LogP contribution in [0.2, 0.25) is 5.02 Å². The summed E-state index contributed by atoms with van der Waals surface area (Å²) in [4.78, 5) is 14.2. The van der Waals surface area contributed by atoms with E-state index < -0.39 is 38.8 Å². The molecule has 34 heavy (non-hydrogen) atoms. The summed E-state index contributed by atoms with van der Waals surface area (Å²) < 4.78 is 47.5. The maximum atomic E-state index is 15.5. The second kappa shape index (κ2) is 8.44. The summed E-state index contributed by atoms with van der Waals surface area (Å²) in [6.45, 7) is 6.95. The number of carbonyl (C=O) groups excluding carboxylic acids is 1. The van der Waals surface area contributed by atoms with Crippen LogP contribution >= 0.6 is 11.6 Å². The largest absolute Gasteiger partial charge is 0.420 e. The molecule has 0 saturated carbocycles. The minimum Gasteiger partial charge on any atom is -0.420 e. The molecule has 3 aromatic rings. The molecule has 0 radical (unpaired) electrons. The van der Waals surface area contributed by atoms with Crippen LogP contribution in [0.25, 0.3) is 11.5 Å². The minimum absolute atomic E-state index is 0.00775. The lowest BCUT2D eigenvalue weighted by atomic mass is 9.97. The number of halogens is 2. The number of nitrogens with two attached hydrogens (primary N) is 1. The average molecular weight is 507 g/mol. The maximum Gasteiger partial charge on any atom is 0.250 e. The molecule has 0 aliphatic carbocycles. The fraction of sp³-hybridized carbons (Fsp3) is 0.348. The topological polar surface area (TPSA) is 119 Å². The molecule has 2 heterocycles. The van der Waals surface area contributed by atoms with E-state index >= 15 is 4.39 Å². The number of hydrogen-bond donors (Lipinski definition) is 1. The Balaban J connectivity index is 1.95. The predicted molar refractivity (Wildman–Crippen MR) is 126 cm³/mol. The lowest BCUT2D eigenvalue weighted by Crippen LogP contribution is -2.45. The van der Waals surface area contributed by atoms with Gasteiger partial charge < -0.3 is 15.1 Å². The summed E-state index contributed by atoms with van der Waals surface area (Å²) in [5, 5.41) is 8.48. The number of amides is 1. The molecule has 0 fully saturated rings. The van der Waals surface area contributed by atoms with Crippen LogP contribution in [-0.2, 0) is 26.6 Å². The van der Waals surface area contributed by atoms with Crippen molar-refractivity contribution in [1.29, 1.82) is 0 Å². The van der Waals surface area contributed by atoms with Crippen LogP contribution in [-0.4, -0.2) is 36.3 Å². The van der Waals surface area contributed by atoms with Crippen molar-refractivity contribution in [3.63, 3.8) is 0 Å². The first-order valence-electron chi connectivity index (χ1n) is 10.5. The first-order chi connectivity index (χ1) is 15.8. The summed E-state index contributed by atoms with van der Waals surface area (Å²) in [7, 11) is -4.08. The summed E-state index contributed by atoms with van der Waals surface area (Å²) >= 11 is 5.97. The van der Waals surface area contributed by atoms with E-state index in [0.717, 1.165) is 0 Å². The smallest absolute Gasteiger partial charge is 0.250 e. The van der Waals surface area contributed by atoms with Gasteiger partial charge in [-0.3, -0.25) is 4.79 Å². The third-order valence-electron chi connectivity index (χ3n) is 5.55. The summed E-state index contributed by atoms with van der Waals surface area (Å²) in [5.74, 6) is -1.88. The molecule has 1 aromatic heterocycles. The van der Waals surface area contributed by atoms with E-state index in [-0.39, 0.29) is 34.1 Å². The molecule has 2 aromatic carbocycles. The minimum atomic E-state index is -4.08. The number of aromatic nitrogens is 2. The molecule has 11 heteroatoms. The van der Waals surface area contributed by atoms with Crippen molar-refractivity contribution in [2.75, 3.05) is 10.7 Å². The zero-order valence-corrected chi connectivity index (χ0v) is 20.7. The Bertz CT molecular complexity index is 1380. The van der Waals surface area contributed by atoms with Gasteiger partial charge >= 0.3 is 0 Å². The van der Waals surface area contributed by atoms with Crippen molar-refractivity contribution in [1.82, 2.24) is 10.2 Å². The lowest BCUT2D eigenvalue weighted by Gasteiger charge is -2.25. The van der Waals surface area contributed by atoms with Crippen LogP contribution < -0.4 is 10.6 Å². The van der Waals surface area contributed by atoms with Crippen molar-refractivity contribution in [3.05, 3.63) is 58.2 Å². The van der Waals surface area contributed by atoms with Gasteiger partial charge in [0.2, 0.25) is 11.8 Å². The Morgan fingerprint density at radius 2 is 1.88 bits per heavy atom. The number of rotatable bonds is 3. The molecular weight excluding hydrogens is 483 g/mol. The second-order valence-corrected chi connectivity index (χ2v) is 11.7. The first kappa shape index (κ1) is 24.3. The zero-order valence-electron chi connectivity index (χ0n) is 19.1. The molecule has 1 aliphatic rings. The highest BCUT2D eigenvalue weighted by Gasteiger charge is 2.39. The van der Waals surface area contributed by atoms with Gasteiger partial charge in [-0.25, -0.2) is 12.8 Å². The molecule has 1 atom stereocenters. The molecule has 0 saturated heterocycles. The third-order valence-corrected chi connectivity index (χ3v) is 7.74. The quantitative estimate of drug-likeness (QED) is 0.574. The van der Waals surface area contributed by atoms with Gasteiger partial charge in [0.15, 0.2) is 9.84 Å². The molecule has 8 nitrogen and oxygen atoms in total. The van der Waals surface area contributed by atoms with Gasteiger partial charge in [0.05, 0.1) is 34.5 Å². The molecule has 180 valence electrons. The van der Waals surface area contributed by atoms with Crippen molar-refractivity contribution >= 4 is 33.0 Å². The Hall–Kier alpha value is -2.82. The number of anilines is 1. The van der Waals surface area contributed by atoms with E-state index in [1.165, 1.54) is 17.9 Å². The highest BCUT2D eigenvalue weighted by atomic mass is 35.5. The molecule has 0 unspecified atom stereocenters. The van der Waals surface area contributed by atoms with E-state index in [1.807, 2.05) is 20.8 Å². The number of benzene rings is 2. The van der Waals surface area contributed by atoms with Crippen LogP contribution in [0.5, 0.6) is 0 Å². The Labute approximate surface area is 201 Å². The Kier molecular flexibility index (Phi) is 6.03. The second-order valence-electron chi connectivity index (χ2n) is 9.31. The molecule has 0 spiro atoms. The number of fused-ring (bicyclic) bond motifs is 1. The van der Waals surface area contributed by atoms with E-state index in [0.29, 0.717) is 16.5 Å². The normalized spacial score (nSPS) is 18.0. The summed E-state index contributed by atoms with van der Waals surface area (Å²) in [6.07, 6.45) is 0. The van der Waals surface area contributed by atoms with Crippen LogP contribution in [0.1, 0.15) is 37.8 Å². The van der Waals surface area contributed by atoms with E-state index in [2.05, 4.69) is 10.2 Å². The van der Waals surface area contributed by atoms with Gasteiger partial charge in [-0.05, 0) is 30.7 Å². The first-order valence-corrected chi connectivity index (χ1v) is 12.5. The number of hydrogen-bond acceptors (Lipinski definition) is 7.